The van der Waals surface area contributed by atoms with E-state index in [1.807, 2.05) is 4.90 Å². The monoisotopic (exact) mass is 413 g/mol. The molecule has 0 radical (unpaired) electrons. The van der Waals surface area contributed by atoms with Crippen LogP contribution >= 0.6 is 11.6 Å². The largest absolute Gasteiger partial charge is 0.423 e. The Morgan fingerprint density at radius 2 is 2.07 bits per heavy atom. The third-order valence-electron chi connectivity index (χ3n) is 5.73. The molecule has 2 fully saturated rings. The Balaban J connectivity index is 1.43. The number of likely N-dealkylation sites (tertiary alicyclic amines) is 1. The number of rotatable bonds is 3. The second-order valence-corrected chi connectivity index (χ2v) is 8.25. The number of halogens is 1. The minimum atomic E-state index is -0.535. The number of hydrogen-bond donors (Lipinski definition) is 1. The van der Waals surface area contributed by atoms with Crippen molar-refractivity contribution in [2.45, 2.75) is 44.7 Å². The lowest BCUT2D eigenvalue weighted by Crippen LogP contribution is -2.70. The lowest BCUT2D eigenvalue weighted by molar-refractivity contribution is -0.110. The number of nitrogens with zero attached hydrogens (tertiary/aromatic N) is 6. The Hall–Kier alpha value is -2.94. The molecule has 1 aromatic carbocycles. The molecule has 2 bridgehead atoms. The average Bonchev–Trinajstić information content (AvgIpc) is 3.34. The first kappa shape index (κ1) is 18.1. The van der Waals surface area contributed by atoms with E-state index in [1.54, 1.807) is 37.5 Å². The van der Waals surface area contributed by atoms with E-state index in [-0.39, 0.29) is 12.1 Å². The van der Waals surface area contributed by atoms with Gasteiger partial charge in [0.1, 0.15) is 11.2 Å². The third kappa shape index (κ3) is 2.88. The number of piperidine rings is 1. The second kappa shape index (κ2) is 6.55. The Kier molecular flexibility index (Phi) is 4.09. The van der Waals surface area contributed by atoms with Crippen molar-refractivity contribution < 1.29 is 9.21 Å². The number of hydrogen-bond acceptors (Lipinski definition) is 6. The number of nitrogens with one attached hydrogen (secondary N) is 1. The van der Waals surface area contributed by atoms with Crippen LogP contribution in [0.5, 0.6) is 0 Å². The van der Waals surface area contributed by atoms with Crippen molar-refractivity contribution >= 4 is 23.3 Å². The highest BCUT2D eigenvalue weighted by Crippen LogP contribution is 2.55. The maximum atomic E-state index is 13.2. The molecule has 1 saturated heterocycles. The van der Waals surface area contributed by atoms with Crippen LogP contribution in [-0.4, -0.2) is 42.2 Å². The molecule has 2 aromatic heterocycles. The van der Waals surface area contributed by atoms with Crippen molar-refractivity contribution in [3.8, 4) is 5.69 Å². The smallest absolute Gasteiger partial charge is 0.323 e. The maximum absolute atomic E-state index is 13.2. The molecule has 2 aliphatic rings. The molecular weight excluding hydrogens is 394 g/mol. The zero-order valence-corrected chi connectivity index (χ0v) is 16.8. The van der Waals surface area contributed by atoms with Crippen LogP contribution < -0.4 is 5.32 Å². The van der Waals surface area contributed by atoms with Crippen LogP contribution in [0.15, 0.2) is 35.0 Å². The molecule has 150 valence electrons. The highest BCUT2D eigenvalue weighted by molar-refractivity contribution is 6.32. The Morgan fingerprint density at radius 1 is 1.28 bits per heavy atom. The van der Waals surface area contributed by atoms with Gasteiger partial charge < -0.3 is 14.6 Å². The molecule has 9 nitrogen and oxygen atoms in total. The molecule has 2 amide bonds. The SMILES string of the molecule is Cc1nnc(C23CC(C[C@H](C)C2)N3C(=O)Nc2ccc(Cl)c(-n3nccn3)c2)o1. The van der Waals surface area contributed by atoms with Crippen molar-refractivity contribution in [2.24, 2.45) is 5.92 Å². The minimum Gasteiger partial charge on any atom is -0.423 e. The van der Waals surface area contributed by atoms with Gasteiger partial charge >= 0.3 is 6.03 Å². The number of amides is 2. The van der Waals surface area contributed by atoms with Gasteiger partial charge in [-0.3, -0.25) is 0 Å². The summed E-state index contributed by atoms with van der Waals surface area (Å²) in [6.45, 7) is 3.96. The molecule has 1 aliphatic carbocycles. The Morgan fingerprint density at radius 3 is 2.79 bits per heavy atom. The first-order valence-electron chi connectivity index (χ1n) is 9.53. The summed E-state index contributed by atoms with van der Waals surface area (Å²) in [6, 6.07) is 5.19. The number of aromatic nitrogens is 5. The number of anilines is 1. The lowest BCUT2D eigenvalue weighted by atomic mass is 9.64. The van der Waals surface area contributed by atoms with E-state index in [0.717, 1.165) is 19.3 Å². The Bertz CT molecular complexity index is 1070. The topological polar surface area (TPSA) is 102 Å². The third-order valence-corrected chi connectivity index (χ3v) is 6.05. The van der Waals surface area contributed by atoms with Crippen LogP contribution in [0.4, 0.5) is 10.5 Å². The minimum absolute atomic E-state index is 0.158. The van der Waals surface area contributed by atoms with Gasteiger partial charge in [0.25, 0.3) is 0 Å². The molecule has 0 spiro atoms. The summed E-state index contributed by atoms with van der Waals surface area (Å²) in [7, 11) is 0. The molecule has 1 N–H and O–H groups in total. The highest BCUT2D eigenvalue weighted by atomic mass is 35.5. The summed E-state index contributed by atoms with van der Waals surface area (Å²) in [5.41, 5.74) is 0.669. The highest BCUT2D eigenvalue weighted by Gasteiger charge is 2.62. The van der Waals surface area contributed by atoms with E-state index in [4.69, 9.17) is 16.0 Å². The zero-order chi connectivity index (χ0) is 20.2. The summed E-state index contributed by atoms with van der Waals surface area (Å²) < 4.78 is 5.75. The van der Waals surface area contributed by atoms with Crippen LogP contribution in [-0.2, 0) is 5.54 Å². The summed E-state index contributed by atoms with van der Waals surface area (Å²) in [5.74, 6) is 1.51. The zero-order valence-electron chi connectivity index (χ0n) is 16.0. The van der Waals surface area contributed by atoms with Crippen molar-refractivity contribution in [2.75, 3.05) is 5.32 Å². The standard InChI is InChI=1S/C19H20ClN7O2/c1-11-7-14-10-19(9-11,17-25-24-12(2)29-17)26(14)18(28)23-13-3-4-15(20)16(8-13)27-21-5-6-22-27/h3-6,8,11,14H,7,9-10H2,1-2H3,(H,23,28)/t11-,14?,19?/m0/s1. The number of carbonyl (C=O) groups excluding carboxylic acids is 1. The van der Waals surface area contributed by atoms with E-state index in [2.05, 4.69) is 32.6 Å². The molecule has 1 aliphatic heterocycles. The fourth-order valence-electron chi connectivity index (χ4n) is 4.70. The van der Waals surface area contributed by atoms with E-state index in [9.17, 15) is 4.79 Å². The van der Waals surface area contributed by atoms with Gasteiger partial charge in [-0.2, -0.15) is 15.0 Å². The number of fused-ring (bicyclic) bond motifs is 2. The number of urea groups is 1. The van der Waals surface area contributed by atoms with Crippen LogP contribution in [0.3, 0.4) is 0 Å². The Labute approximate surface area is 172 Å². The summed E-state index contributed by atoms with van der Waals surface area (Å²) in [6.07, 6.45) is 5.75. The van der Waals surface area contributed by atoms with E-state index in [1.165, 1.54) is 4.80 Å². The number of benzene rings is 1. The van der Waals surface area contributed by atoms with Gasteiger partial charge in [0.15, 0.2) is 0 Å². The molecule has 29 heavy (non-hydrogen) atoms. The molecule has 2 unspecified atom stereocenters. The summed E-state index contributed by atoms with van der Waals surface area (Å²) >= 11 is 6.27. The molecule has 3 atom stereocenters. The van der Waals surface area contributed by atoms with Crippen molar-refractivity contribution in [3.63, 3.8) is 0 Å². The summed E-state index contributed by atoms with van der Waals surface area (Å²) in [4.78, 5) is 16.5. The predicted octanol–water partition coefficient (Wildman–Crippen LogP) is 3.54. The number of aryl methyl sites for hydroxylation is 1. The van der Waals surface area contributed by atoms with Gasteiger partial charge in [-0.25, -0.2) is 4.79 Å². The predicted molar refractivity (Wildman–Crippen MR) is 105 cm³/mol. The normalized spacial score (nSPS) is 25.6. The maximum Gasteiger partial charge on any atom is 0.323 e. The van der Waals surface area contributed by atoms with Crippen molar-refractivity contribution in [1.29, 1.82) is 0 Å². The fourth-order valence-corrected chi connectivity index (χ4v) is 4.89. The van der Waals surface area contributed by atoms with E-state index in [0.29, 0.717) is 34.1 Å². The van der Waals surface area contributed by atoms with Crippen LogP contribution in [0.25, 0.3) is 5.69 Å². The number of carbonyl (C=O) groups is 1. The second-order valence-electron chi connectivity index (χ2n) is 7.85. The molecule has 3 aromatic rings. The fraction of sp³-hybridized carbons (Fsp3) is 0.421. The van der Waals surface area contributed by atoms with Crippen molar-refractivity contribution in [1.82, 2.24) is 30.1 Å². The van der Waals surface area contributed by atoms with Gasteiger partial charge in [-0.1, -0.05) is 18.5 Å². The average molecular weight is 414 g/mol. The van der Waals surface area contributed by atoms with Crippen LogP contribution in [0.2, 0.25) is 5.02 Å². The van der Waals surface area contributed by atoms with Gasteiger partial charge in [0.2, 0.25) is 11.8 Å². The lowest BCUT2D eigenvalue weighted by Gasteiger charge is -2.61. The summed E-state index contributed by atoms with van der Waals surface area (Å²) in [5, 5.41) is 19.9. The molecular formula is C19H20ClN7O2. The quantitative estimate of drug-likeness (QED) is 0.704. The van der Waals surface area contributed by atoms with E-state index < -0.39 is 5.54 Å². The molecule has 5 rings (SSSR count). The van der Waals surface area contributed by atoms with Crippen LogP contribution in [0.1, 0.15) is 38.0 Å². The first-order chi connectivity index (χ1) is 14.0. The van der Waals surface area contributed by atoms with Crippen LogP contribution in [0, 0.1) is 12.8 Å². The van der Waals surface area contributed by atoms with Gasteiger partial charge in [0.05, 0.1) is 17.4 Å². The van der Waals surface area contributed by atoms with Gasteiger partial charge in [0, 0.05) is 25.1 Å². The molecule has 10 heteroatoms. The molecule has 1 saturated carbocycles. The molecule has 3 heterocycles. The first-order valence-corrected chi connectivity index (χ1v) is 9.91. The van der Waals surface area contributed by atoms with Gasteiger partial charge in [-0.05, 0) is 37.0 Å². The van der Waals surface area contributed by atoms with Crippen molar-refractivity contribution in [3.05, 3.63) is 47.4 Å². The van der Waals surface area contributed by atoms with E-state index >= 15 is 0 Å². The van der Waals surface area contributed by atoms with Gasteiger partial charge in [-0.15, -0.1) is 10.2 Å².